The largest absolute Gasteiger partial charge is 0.272 e. The molecule has 1 atom stereocenters. The molecule has 74 valence electrons. The average molecular weight is 180 g/mol. The molecule has 0 aromatic carbocycles. The molecule has 0 aliphatic rings. The van der Waals surface area contributed by atoms with Crippen molar-refractivity contribution >= 4 is 0 Å². The molecule has 2 nitrogen and oxygen atoms in total. The van der Waals surface area contributed by atoms with Crippen LogP contribution >= 0.6 is 0 Å². The van der Waals surface area contributed by atoms with Crippen LogP contribution in [-0.2, 0) is 6.54 Å². The van der Waals surface area contributed by atoms with Crippen molar-refractivity contribution < 1.29 is 0 Å². The van der Waals surface area contributed by atoms with Crippen molar-refractivity contribution in [3.8, 4) is 0 Å². The van der Waals surface area contributed by atoms with Crippen molar-refractivity contribution in [1.82, 2.24) is 9.78 Å². The Bertz CT molecular complexity index is 250. The molecule has 0 fully saturated rings. The highest BCUT2D eigenvalue weighted by atomic mass is 15.3. The van der Waals surface area contributed by atoms with Gasteiger partial charge in [-0.15, -0.1) is 0 Å². The molecule has 1 rings (SSSR count). The van der Waals surface area contributed by atoms with Gasteiger partial charge in [-0.3, -0.25) is 4.68 Å². The molecule has 0 aliphatic heterocycles. The van der Waals surface area contributed by atoms with Gasteiger partial charge in [0.25, 0.3) is 0 Å². The summed E-state index contributed by atoms with van der Waals surface area (Å²) in [5.41, 5.74) is 1.36. The van der Waals surface area contributed by atoms with E-state index in [0.29, 0.717) is 11.8 Å². The fourth-order valence-corrected chi connectivity index (χ4v) is 1.34. The maximum absolute atomic E-state index is 4.34. The van der Waals surface area contributed by atoms with Gasteiger partial charge < -0.3 is 0 Å². The Morgan fingerprint density at radius 3 is 2.62 bits per heavy atom. The third-order valence-corrected chi connectivity index (χ3v) is 2.39. The zero-order chi connectivity index (χ0) is 9.84. The third-order valence-electron chi connectivity index (χ3n) is 2.39. The van der Waals surface area contributed by atoms with Gasteiger partial charge >= 0.3 is 0 Å². The van der Waals surface area contributed by atoms with E-state index < -0.39 is 0 Å². The zero-order valence-corrected chi connectivity index (χ0v) is 9.12. The molecule has 2 heteroatoms. The SMILES string of the molecule is CC[C@@H](C)c1cnn(CC(C)C)c1. The standard InChI is InChI=1S/C11H20N2/c1-5-10(4)11-6-12-13(8-11)7-9(2)3/h6,8-10H,5,7H2,1-4H3/t10-/m1/s1. The maximum atomic E-state index is 4.34. The molecule has 0 saturated heterocycles. The summed E-state index contributed by atoms with van der Waals surface area (Å²) < 4.78 is 2.05. The van der Waals surface area contributed by atoms with Gasteiger partial charge in [0.2, 0.25) is 0 Å². The fourth-order valence-electron chi connectivity index (χ4n) is 1.34. The van der Waals surface area contributed by atoms with Crippen LogP contribution in [0, 0.1) is 5.92 Å². The van der Waals surface area contributed by atoms with E-state index in [1.807, 2.05) is 10.9 Å². The van der Waals surface area contributed by atoms with Crippen LogP contribution in [0.1, 0.15) is 45.6 Å². The van der Waals surface area contributed by atoms with E-state index >= 15 is 0 Å². The molecule has 0 spiro atoms. The Labute approximate surface area is 81.0 Å². The first kappa shape index (κ1) is 10.3. The number of hydrogen-bond acceptors (Lipinski definition) is 1. The summed E-state index contributed by atoms with van der Waals surface area (Å²) >= 11 is 0. The molecule has 0 radical (unpaired) electrons. The van der Waals surface area contributed by atoms with Gasteiger partial charge in [0.15, 0.2) is 0 Å². The molecule has 0 N–H and O–H groups in total. The van der Waals surface area contributed by atoms with Crippen LogP contribution in [0.25, 0.3) is 0 Å². The van der Waals surface area contributed by atoms with E-state index in [2.05, 4.69) is 39.0 Å². The lowest BCUT2D eigenvalue weighted by molar-refractivity contribution is 0.482. The Balaban J connectivity index is 2.63. The van der Waals surface area contributed by atoms with Crippen LogP contribution in [0.3, 0.4) is 0 Å². The molecule has 0 aliphatic carbocycles. The lowest BCUT2D eigenvalue weighted by Crippen LogP contribution is -2.04. The first-order valence-electron chi connectivity index (χ1n) is 5.15. The highest BCUT2D eigenvalue weighted by Gasteiger charge is 2.06. The minimum Gasteiger partial charge on any atom is -0.272 e. The summed E-state index contributed by atoms with van der Waals surface area (Å²) in [6.45, 7) is 9.91. The fraction of sp³-hybridized carbons (Fsp3) is 0.727. The van der Waals surface area contributed by atoms with E-state index in [4.69, 9.17) is 0 Å². The van der Waals surface area contributed by atoms with Crippen LogP contribution in [0.2, 0.25) is 0 Å². The Kier molecular flexibility index (Phi) is 3.52. The summed E-state index contributed by atoms with van der Waals surface area (Å²) in [7, 11) is 0. The smallest absolute Gasteiger partial charge is 0.0524 e. The molecule has 1 aromatic heterocycles. The summed E-state index contributed by atoms with van der Waals surface area (Å²) in [6, 6.07) is 0. The number of hydrogen-bond donors (Lipinski definition) is 0. The van der Waals surface area contributed by atoms with Crippen molar-refractivity contribution in [2.24, 2.45) is 5.92 Å². The first-order chi connectivity index (χ1) is 6.13. The molecular formula is C11H20N2. The van der Waals surface area contributed by atoms with E-state index in [-0.39, 0.29) is 0 Å². The first-order valence-corrected chi connectivity index (χ1v) is 5.15. The Hall–Kier alpha value is -0.790. The van der Waals surface area contributed by atoms with E-state index in [1.54, 1.807) is 0 Å². The van der Waals surface area contributed by atoms with Crippen LogP contribution in [-0.4, -0.2) is 9.78 Å². The predicted molar refractivity (Wildman–Crippen MR) is 55.8 cm³/mol. The van der Waals surface area contributed by atoms with Crippen LogP contribution in [0.4, 0.5) is 0 Å². The summed E-state index contributed by atoms with van der Waals surface area (Å²) in [6.07, 6.45) is 5.36. The second kappa shape index (κ2) is 4.45. The van der Waals surface area contributed by atoms with Gasteiger partial charge in [0.1, 0.15) is 0 Å². The molecule has 1 aromatic rings. The topological polar surface area (TPSA) is 17.8 Å². The second-order valence-corrected chi connectivity index (χ2v) is 4.20. The molecular weight excluding hydrogens is 160 g/mol. The van der Waals surface area contributed by atoms with Gasteiger partial charge in [-0.2, -0.15) is 5.10 Å². The third kappa shape index (κ3) is 2.87. The number of aromatic nitrogens is 2. The normalized spacial score (nSPS) is 13.6. The van der Waals surface area contributed by atoms with Crippen molar-refractivity contribution in [3.05, 3.63) is 18.0 Å². The molecule has 13 heavy (non-hydrogen) atoms. The summed E-state index contributed by atoms with van der Waals surface area (Å²) in [4.78, 5) is 0. The number of rotatable bonds is 4. The van der Waals surface area contributed by atoms with Crippen molar-refractivity contribution in [2.75, 3.05) is 0 Å². The molecule has 0 amide bonds. The highest BCUT2D eigenvalue weighted by Crippen LogP contribution is 2.17. The van der Waals surface area contributed by atoms with E-state index in [9.17, 15) is 0 Å². The van der Waals surface area contributed by atoms with E-state index in [1.165, 1.54) is 12.0 Å². The molecule has 0 unspecified atom stereocenters. The zero-order valence-electron chi connectivity index (χ0n) is 9.12. The summed E-state index contributed by atoms with van der Waals surface area (Å²) in [5.74, 6) is 1.31. The van der Waals surface area contributed by atoms with Crippen LogP contribution < -0.4 is 0 Å². The van der Waals surface area contributed by atoms with Crippen molar-refractivity contribution in [3.63, 3.8) is 0 Å². The predicted octanol–water partition coefficient (Wildman–Crippen LogP) is 3.05. The quantitative estimate of drug-likeness (QED) is 0.696. The van der Waals surface area contributed by atoms with Crippen LogP contribution in [0.5, 0.6) is 0 Å². The molecule has 1 heterocycles. The monoisotopic (exact) mass is 180 g/mol. The van der Waals surface area contributed by atoms with Crippen molar-refractivity contribution in [1.29, 1.82) is 0 Å². The lowest BCUT2D eigenvalue weighted by Gasteiger charge is -2.05. The summed E-state index contributed by atoms with van der Waals surface area (Å²) in [5, 5.41) is 4.34. The minimum atomic E-state index is 0.640. The molecule has 0 saturated carbocycles. The second-order valence-electron chi connectivity index (χ2n) is 4.20. The van der Waals surface area contributed by atoms with Gasteiger partial charge in [-0.25, -0.2) is 0 Å². The highest BCUT2D eigenvalue weighted by molar-refractivity contribution is 5.09. The average Bonchev–Trinajstić information content (AvgIpc) is 2.50. The Morgan fingerprint density at radius 1 is 1.38 bits per heavy atom. The van der Waals surface area contributed by atoms with Crippen molar-refractivity contribution in [2.45, 2.75) is 46.6 Å². The van der Waals surface area contributed by atoms with Crippen LogP contribution in [0.15, 0.2) is 12.4 Å². The lowest BCUT2D eigenvalue weighted by atomic mass is 10.0. The van der Waals surface area contributed by atoms with Gasteiger partial charge in [-0.1, -0.05) is 27.7 Å². The molecule has 0 bridgehead atoms. The van der Waals surface area contributed by atoms with Gasteiger partial charge in [0, 0.05) is 12.7 Å². The Morgan fingerprint density at radius 2 is 2.08 bits per heavy atom. The van der Waals surface area contributed by atoms with E-state index in [0.717, 1.165) is 6.54 Å². The minimum absolute atomic E-state index is 0.640. The van der Waals surface area contributed by atoms with Gasteiger partial charge in [0.05, 0.1) is 6.20 Å². The maximum Gasteiger partial charge on any atom is 0.0524 e. The van der Waals surface area contributed by atoms with Gasteiger partial charge in [-0.05, 0) is 23.8 Å². The number of nitrogens with zero attached hydrogens (tertiary/aromatic N) is 2.